The van der Waals surface area contributed by atoms with Gasteiger partial charge in [-0.15, -0.1) is 12.4 Å². The first-order chi connectivity index (χ1) is 8.41. The van der Waals surface area contributed by atoms with Crippen molar-refractivity contribution in [2.45, 2.75) is 11.3 Å². The molecule has 4 nitrogen and oxygen atoms in total. The van der Waals surface area contributed by atoms with E-state index < -0.39 is 9.84 Å². The average molecular weight is 304 g/mol. The molecule has 0 aliphatic carbocycles. The van der Waals surface area contributed by atoms with Gasteiger partial charge in [0.1, 0.15) is 5.75 Å². The van der Waals surface area contributed by atoms with Gasteiger partial charge in [0.25, 0.3) is 0 Å². The number of fused-ring (bicyclic) bond motifs is 1. The van der Waals surface area contributed by atoms with Crippen LogP contribution in [0.2, 0.25) is 0 Å². The standard InChI is InChI=1S/C13H17NO3S.ClH/c1-14-6-4-10-8-11(18(3,15)16)9-13(17-2)12(10)5-7-14;/h5,7-9H,4,6H2,1-3H3;1H. The van der Waals surface area contributed by atoms with Crippen molar-refractivity contribution in [2.24, 2.45) is 0 Å². The summed E-state index contributed by atoms with van der Waals surface area (Å²) in [6.45, 7) is 0.861. The molecule has 0 saturated carbocycles. The number of ether oxygens (including phenoxy) is 1. The third kappa shape index (κ3) is 3.42. The summed E-state index contributed by atoms with van der Waals surface area (Å²) in [6, 6.07) is 3.33. The van der Waals surface area contributed by atoms with Crippen LogP contribution >= 0.6 is 12.4 Å². The molecule has 0 amide bonds. The number of nitrogens with zero attached hydrogens (tertiary/aromatic N) is 1. The van der Waals surface area contributed by atoms with Crippen LogP contribution in [0.1, 0.15) is 11.1 Å². The lowest BCUT2D eigenvalue weighted by Crippen LogP contribution is -2.12. The third-order valence-electron chi connectivity index (χ3n) is 3.08. The molecule has 1 aliphatic heterocycles. The van der Waals surface area contributed by atoms with E-state index in [1.54, 1.807) is 19.2 Å². The van der Waals surface area contributed by atoms with Crippen molar-refractivity contribution in [3.63, 3.8) is 0 Å². The molecule has 1 aromatic rings. The van der Waals surface area contributed by atoms with Crippen molar-refractivity contribution >= 4 is 28.3 Å². The molecule has 2 rings (SSSR count). The van der Waals surface area contributed by atoms with Crippen molar-refractivity contribution in [1.29, 1.82) is 0 Å². The maximum atomic E-state index is 11.7. The van der Waals surface area contributed by atoms with Gasteiger partial charge in [0.05, 0.1) is 12.0 Å². The molecule has 0 aromatic heterocycles. The van der Waals surface area contributed by atoms with Gasteiger partial charge in [-0.1, -0.05) is 0 Å². The van der Waals surface area contributed by atoms with Crippen LogP contribution in [0, 0.1) is 0 Å². The minimum absolute atomic E-state index is 0. The number of rotatable bonds is 2. The van der Waals surface area contributed by atoms with Crippen LogP contribution in [0.15, 0.2) is 23.2 Å². The lowest BCUT2D eigenvalue weighted by molar-refractivity contribution is 0.411. The zero-order valence-electron chi connectivity index (χ0n) is 11.2. The van der Waals surface area contributed by atoms with Crippen molar-refractivity contribution in [3.05, 3.63) is 29.5 Å². The maximum Gasteiger partial charge on any atom is 0.175 e. The second kappa shape index (κ2) is 5.84. The molecule has 6 heteroatoms. The van der Waals surface area contributed by atoms with E-state index in [4.69, 9.17) is 4.74 Å². The minimum Gasteiger partial charge on any atom is -0.496 e. The normalized spacial score (nSPS) is 14.4. The van der Waals surface area contributed by atoms with Crippen molar-refractivity contribution in [1.82, 2.24) is 4.90 Å². The SMILES string of the molecule is COc1cc(S(C)(=O)=O)cc2c1C=CN(C)CC2.Cl. The van der Waals surface area contributed by atoms with Gasteiger partial charge in [-0.25, -0.2) is 8.42 Å². The summed E-state index contributed by atoms with van der Waals surface area (Å²) < 4.78 is 28.6. The highest BCUT2D eigenvalue weighted by atomic mass is 35.5. The molecule has 19 heavy (non-hydrogen) atoms. The number of methoxy groups -OCH3 is 1. The van der Waals surface area contributed by atoms with Crippen molar-refractivity contribution < 1.29 is 13.2 Å². The first kappa shape index (κ1) is 15.9. The highest BCUT2D eigenvalue weighted by Crippen LogP contribution is 2.30. The van der Waals surface area contributed by atoms with E-state index in [-0.39, 0.29) is 12.4 Å². The summed E-state index contributed by atoms with van der Waals surface area (Å²) in [4.78, 5) is 2.38. The topological polar surface area (TPSA) is 46.6 Å². The largest absolute Gasteiger partial charge is 0.496 e. The second-order valence-corrected chi connectivity index (χ2v) is 6.53. The summed E-state index contributed by atoms with van der Waals surface area (Å²) in [6.07, 6.45) is 5.97. The summed E-state index contributed by atoms with van der Waals surface area (Å²) in [7, 11) is 0.340. The Hall–Kier alpha value is -1.20. The zero-order valence-corrected chi connectivity index (χ0v) is 12.8. The molecule has 1 heterocycles. The maximum absolute atomic E-state index is 11.7. The van der Waals surface area contributed by atoms with Gasteiger partial charge in [-0.05, 0) is 36.4 Å². The Morgan fingerprint density at radius 1 is 1.32 bits per heavy atom. The molecule has 0 N–H and O–H groups in total. The number of hydrogen-bond acceptors (Lipinski definition) is 4. The molecule has 0 fully saturated rings. The van der Waals surface area contributed by atoms with Crippen LogP contribution in [0.5, 0.6) is 5.75 Å². The third-order valence-corrected chi connectivity index (χ3v) is 4.17. The summed E-state index contributed by atoms with van der Waals surface area (Å²) in [5.41, 5.74) is 1.98. The van der Waals surface area contributed by atoms with Crippen LogP contribution in [0.25, 0.3) is 6.08 Å². The molecule has 0 unspecified atom stereocenters. The number of halogens is 1. The van der Waals surface area contributed by atoms with Gasteiger partial charge in [0.15, 0.2) is 9.84 Å². The number of likely N-dealkylation sites (N-methyl/N-ethyl adjacent to an activating group) is 1. The first-order valence-corrected chi connectivity index (χ1v) is 7.60. The highest BCUT2D eigenvalue weighted by molar-refractivity contribution is 7.90. The zero-order chi connectivity index (χ0) is 13.3. The number of hydrogen-bond donors (Lipinski definition) is 0. The minimum atomic E-state index is -3.21. The van der Waals surface area contributed by atoms with E-state index in [0.717, 1.165) is 24.1 Å². The molecule has 0 radical (unpaired) electrons. The lowest BCUT2D eigenvalue weighted by atomic mass is 10.0. The van der Waals surface area contributed by atoms with Crippen molar-refractivity contribution in [2.75, 3.05) is 27.0 Å². The van der Waals surface area contributed by atoms with Crippen LogP contribution in [0.3, 0.4) is 0 Å². The Morgan fingerprint density at radius 2 is 2.00 bits per heavy atom. The van der Waals surface area contributed by atoms with E-state index in [1.165, 1.54) is 6.26 Å². The van der Waals surface area contributed by atoms with Crippen LogP contribution < -0.4 is 4.74 Å². The van der Waals surface area contributed by atoms with Gasteiger partial charge < -0.3 is 9.64 Å². The highest BCUT2D eigenvalue weighted by Gasteiger charge is 2.17. The molecular weight excluding hydrogens is 286 g/mol. The predicted octanol–water partition coefficient (Wildman–Crippen LogP) is 1.98. The van der Waals surface area contributed by atoms with Gasteiger partial charge in [-0.2, -0.15) is 0 Å². The molecule has 0 spiro atoms. The molecule has 1 aromatic carbocycles. The Morgan fingerprint density at radius 3 is 2.58 bits per heavy atom. The van der Waals surface area contributed by atoms with E-state index in [1.807, 2.05) is 19.3 Å². The molecule has 0 saturated heterocycles. The van der Waals surface area contributed by atoms with Gasteiger partial charge in [0.2, 0.25) is 0 Å². The lowest BCUT2D eigenvalue weighted by Gasteiger charge is -2.12. The van der Waals surface area contributed by atoms with Crippen LogP contribution in [-0.4, -0.2) is 40.3 Å². The smallest absolute Gasteiger partial charge is 0.175 e. The summed E-state index contributed by atoms with van der Waals surface area (Å²) in [5.74, 6) is 0.611. The molecule has 106 valence electrons. The second-order valence-electron chi connectivity index (χ2n) is 4.52. The van der Waals surface area contributed by atoms with Crippen LogP contribution in [-0.2, 0) is 16.3 Å². The fourth-order valence-electron chi connectivity index (χ4n) is 2.01. The summed E-state index contributed by atoms with van der Waals surface area (Å²) in [5, 5.41) is 0. The fraction of sp³-hybridized carbons (Fsp3) is 0.385. The van der Waals surface area contributed by atoms with E-state index >= 15 is 0 Å². The molecule has 1 aliphatic rings. The Labute approximate surface area is 120 Å². The molecule has 0 bridgehead atoms. The van der Waals surface area contributed by atoms with Gasteiger partial charge in [0, 0.05) is 25.4 Å². The van der Waals surface area contributed by atoms with E-state index in [0.29, 0.717) is 10.6 Å². The number of benzene rings is 1. The number of sulfone groups is 1. The van der Waals surface area contributed by atoms with E-state index in [9.17, 15) is 8.42 Å². The molecular formula is C13H18ClNO3S. The van der Waals surface area contributed by atoms with Crippen LogP contribution in [0.4, 0.5) is 0 Å². The van der Waals surface area contributed by atoms with E-state index in [2.05, 4.69) is 4.90 Å². The first-order valence-electron chi connectivity index (χ1n) is 5.71. The Bertz CT molecular complexity index is 596. The molecule has 0 atom stereocenters. The summed E-state index contributed by atoms with van der Waals surface area (Å²) >= 11 is 0. The Balaban J connectivity index is 0.00000180. The Kier molecular flexibility index (Phi) is 4.87. The van der Waals surface area contributed by atoms with Gasteiger partial charge >= 0.3 is 0 Å². The van der Waals surface area contributed by atoms with Gasteiger partial charge in [-0.3, -0.25) is 0 Å². The van der Waals surface area contributed by atoms with Crippen molar-refractivity contribution in [3.8, 4) is 5.75 Å². The fourth-order valence-corrected chi connectivity index (χ4v) is 2.69. The predicted molar refractivity (Wildman–Crippen MR) is 78.7 cm³/mol. The average Bonchev–Trinajstić information content (AvgIpc) is 2.49. The monoisotopic (exact) mass is 303 g/mol. The quantitative estimate of drug-likeness (QED) is 0.838.